The van der Waals surface area contributed by atoms with Crippen molar-refractivity contribution in [1.82, 2.24) is 19.1 Å². The van der Waals surface area contributed by atoms with Crippen molar-refractivity contribution in [2.75, 3.05) is 13.2 Å². The molecule has 1 N–H and O–H groups in total. The van der Waals surface area contributed by atoms with E-state index in [4.69, 9.17) is 9.47 Å². The number of carbonyl (C=O) groups excluding carboxylic acids is 1. The monoisotopic (exact) mass is 496 g/mol. The maximum Gasteiger partial charge on any atom is 0.573 e. The summed E-state index contributed by atoms with van der Waals surface area (Å²) < 4.78 is 54.6. The number of ketones is 1. The number of H-pyrrole nitrogens is 1. The van der Waals surface area contributed by atoms with Crippen LogP contribution in [0.15, 0.2) is 33.9 Å². The van der Waals surface area contributed by atoms with Gasteiger partial charge in [-0.1, -0.05) is 12.1 Å². The zero-order valence-corrected chi connectivity index (χ0v) is 18.8. The lowest BCUT2D eigenvalue weighted by Gasteiger charge is -2.22. The summed E-state index contributed by atoms with van der Waals surface area (Å²) in [7, 11) is 1.40. The Kier molecular flexibility index (Phi) is 7.08. The van der Waals surface area contributed by atoms with Gasteiger partial charge in [0, 0.05) is 25.8 Å². The lowest BCUT2D eigenvalue weighted by atomic mass is 10.1. The van der Waals surface area contributed by atoms with Crippen molar-refractivity contribution in [3.63, 3.8) is 0 Å². The van der Waals surface area contributed by atoms with Gasteiger partial charge >= 0.3 is 12.1 Å². The number of hydrogen-bond donors (Lipinski definition) is 1. The second kappa shape index (κ2) is 10.0. The molecule has 1 unspecified atom stereocenters. The number of hydrogen-bond acceptors (Lipinski definition) is 7. The first kappa shape index (κ1) is 24.7. The van der Waals surface area contributed by atoms with Crippen molar-refractivity contribution in [2.24, 2.45) is 7.05 Å². The van der Waals surface area contributed by atoms with Crippen molar-refractivity contribution in [3.05, 3.63) is 56.5 Å². The van der Waals surface area contributed by atoms with E-state index in [1.807, 2.05) is 0 Å². The van der Waals surface area contributed by atoms with Crippen molar-refractivity contribution in [1.29, 1.82) is 0 Å². The van der Waals surface area contributed by atoms with Crippen LogP contribution in [-0.4, -0.2) is 50.8 Å². The number of alkyl halides is 3. The minimum Gasteiger partial charge on any atom is -0.406 e. The molecule has 1 fully saturated rings. The van der Waals surface area contributed by atoms with Crippen molar-refractivity contribution in [2.45, 2.75) is 44.9 Å². The first-order chi connectivity index (χ1) is 16.6. The number of aromatic amines is 1. The third-order valence-corrected chi connectivity index (χ3v) is 5.49. The third-order valence-electron chi connectivity index (χ3n) is 5.49. The van der Waals surface area contributed by atoms with Gasteiger partial charge < -0.3 is 19.2 Å². The second-order valence-corrected chi connectivity index (χ2v) is 8.01. The minimum atomic E-state index is -4.92. The van der Waals surface area contributed by atoms with E-state index in [1.165, 1.54) is 19.2 Å². The summed E-state index contributed by atoms with van der Waals surface area (Å²) in [4.78, 5) is 45.2. The average molecular weight is 496 g/mol. The number of nitrogens with zero attached hydrogens (tertiary/aromatic N) is 3. The smallest absolute Gasteiger partial charge is 0.406 e. The summed E-state index contributed by atoms with van der Waals surface area (Å²) >= 11 is 0. The maximum atomic E-state index is 12.9. The van der Waals surface area contributed by atoms with Gasteiger partial charge in [0.05, 0.1) is 6.61 Å². The van der Waals surface area contributed by atoms with Crippen LogP contribution in [0.5, 0.6) is 5.75 Å². The molecule has 0 saturated carbocycles. The molecule has 0 bridgehead atoms. The summed E-state index contributed by atoms with van der Waals surface area (Å²) in [5.41, 5.74) is -1.55. The first-order valence-electron chi connectivity index (χ1n) is 11.0. The predicted molar refractivity (Wildman–Crippen MR) is 116 cm³/mol. The summed E-state index contributed by atoms with van der Waals surface area (Å²) in [6, 6.07) is 4.47. The van der Waals surface area contributed by atoms with E-state index < -0.39 is 29.1 Å². The third kappa shape index (κ3) is 5.62. The van der Waals surface area contributed by atoms with Crippen LogP contribution in [0.25, 0.3) is 11.2 Å². The molecule has 13 heteroatoms. The number of carbonyl (C=O) groups is 1. The zero-order chi connectivity index (χ0) is 25.2. The van der Waals surface area contributed by atoms with Gasteiger partial charge in [0.2, 0.25) is 5.78 Å². The van der Waals surface area contributed by atoms with Crippen LogP contribution in [0.3, 0.4) is 0 Å². The van der Waals surface area contributed by atoms with Crippen LogP contribution >= 0.6 is 0 Å². The number of rotatable bonds is 8. The fourth-order valence-electron chi connectivity index (χ4n) is 3.81. The molecule has 0 amide bonds. The van der Waals surface area contributed by atoms with Crippen LogP contribution in [0, 0.1) is 0 Å². The number of fused-ring (bicyclic) bond motifs is 1. The SMILES string of the molecule is Cn1c(=O)n(CCCOC2CCCCO2)c(=O)c2[nH]c(C(=O)c3cccc(OC(F)(F)F)c3)nc21. The number of aryl methyl sites for hydroxylation is 1. The van der Waals surface area contributed by atoms with E-state index in [-0.39, 0.29) is 35.4 Å². The Bertz CT molecular complexity index is 1340. The van der Waals surface area contributed by atoms with Gasteiger partial charge in [0.25, 0.3) is 5.56 Å². The van der Waals surface area contributed by atoms with Gasteiger partial charge in [-0.25, -0.2) is 9.78 Å². The molecular weight excluding hydrogens is 473 g/mol. The maximum absolute atomic E-state index is 12.9. The van der Waals surface area contributed by atoms with E-state index in [0.717, 1.165) is 40.5 Å². The van der Waals surface area contributed by atoms with E-state index in [9.17, 15) is 27.6 Å². The largest absolute Gasteiger partial charge is 0.573 e. The fourth-order valence-corrected chi connectivity index (χ4v) is 3.81. The van der Waals surface area contributed by atoms with Gasteiger partial charge in [-0.3, -0.25) is 18.7 Å². The Morgan fingerprint density at radius 3 is 2.80 bits per heavy atom. The highest BCUT2D eigenvalue weighted by Gasteiger charge is 2.31. The lowest BCUT2D eigenvalue weighted by molar-refractivity contribution is -0.274. The molecule has 1 aromatic carbocycles. The topological polar surface area (TPSA) is 117 Å². The Morgan fingerprint density at radius 2 is 2.09 bits per heavy atom. The molecule has 4 rings (SSSR count). The lowest BCUT2D eigenvalue weighted by Crippen LogP contribution is -2.39. The van der Waals surface area contributed by atoms with E-state index in [0.29, 0.717) is 19.6 Å². The van der Waals surface area contributed by atoms with E-state index >= 15 is 0 Å². The Labute approximate surface area is 196 Å². The highest BCUT2D eigenvalue weighted by Crippen LogP contribution is 2.24. The first-order valence-corrected chi connectivity index (χ1v) is 11.0. The molecule has 10 nitrogen and oxygen atoms in total. The molecule has 0 radical (unpaired) electrons. The number of benzene rings is 1. The Balaban J connectivity index is 1.55. The molecule has 1 aliphatic rings. The standard InChI is InChI=1S/C22H23F3N4O6/c1-28-19-16(20(31)29(21(28)32)9-5-11-34-15-8-2-3-10-33-15)26-18(27-19)17(30)13-6-4-7-14(12-13)35-22(23,24)25/h4,6-7,12,15H,2-3,5,8-11H2,1H3,(H,26,27). The molecule has 3 aromatic rings. The number of imidazole rings is 1. The summed E-state index contributed by atoms with van der Waals surface area (Å²) in [6.07, 6.45) is -2.02. The van der Waals surface area contributed by atoms with Crippen LogP contribution in [0.4, 0.5) is 13.2 Å². The van der Waals surface area contributed by atoms with Crippen LogP contribution in [0.2, 0.25) is 0 Å². The summed E-state index contributed by atoms with van der Waals surface area (Å²) in [5.74, 6) is -1.64. The van der Waals surface area contributed by atoms with Crippen LogP contribution in [-0.2, 0) is 23.1 Å². The number of nitrogens with one attached hydrogen (secondary N) is 1. The molecule has 188 valence electrons. The summed E-state index contributed by atoms with van der Waals surface area (Å²) in [6.45, 7) is 1.01. The normalized spacial score (nSPS) is 16.5. The number of ether oxygens (including phenoxy) is 3. The number of aromatic nitrogens is 4. The second-order valence-electron chi connectivity index (χ2n) is 8.01. The molecule has 1 atom stereocenters. The van der Waals surface area contributed by atoms with Crippen molar-refractivity contribution >= 4 is 16.9 Å². The van der Waals surface area contributed by atoms with E-state index in [1.54, 1.807) is 0 Å². The Morgan fingerprint density at radius 1 is 1.29 bits per heavy atom. The molecule has 35 heavy (non-hydrogen) atoms. The molecule has 1 aliphatic heterocycles. The quantitative estimate of drug-likeness (QED) is 0.376. The van der Waals surface area contributed by atoms with Gasteiger partial charge in [-0.05, 0) is 37.8 Å². The summed E-state index contributed by atoms with van der Waals surface area (Å²) in [5, 5.41) is 0. The van der Waals surface area contributed by atoms with Gasteiger partial charge in [-0.2, -0.15) is 0 Å². The van der Waals surface area contributed by atoms with Crippen molar-refractivity contribution < 1.29 is 32.2 Å². The molecule has 0 aliphatic carbocycles. The van der Waals surface area contributed by atoms with Gasteiger partial charge in [0.1, 0.15) is 11.3 Å². The molecule has 1 saturated heterocycles. The van der Waals surface area contributed by atoms with Gasteiger partial charge in [-0.15, -0.1) is 13.2 Å². The molecule has 2 aromatic heterocycles. The fraction of sp³-hybridized carbons (Fsp3) is 0.455. The van der Waals surface area contributed by atoms with E-state index in [2.05, 4.69) is 14.7 Å². The predicted octanol–water partition coefficient (Wildman–Crippen LogP) is 2.49. The van der Waals surface area contributed by atoms with Crippen LogP contribution < -0.4 is 16.0 Å². The van der Waals surface area contributed by atoms with Gasteiger partial charge in [0.15, 0.2) is 17.8 Å². The average Bonchev–Trinajstić information content (AvgIpc) is 3.27. The zero-order valence-electron chi connectivity index (χ0n) is 18.8. The van der Waals surface area contributed by atoms with Crippen molar-refractivity contribution in [3.8, 4) is 5.75 Å². The highest BCUT2D eigenvalue weighted by atomic mass is 19.4. The molecule has 0 spiro atoms. The molecule has 3 heterocycles. The number of halogens is 3. The molecular formula is C22H23F3N4O6. The highest BCUT2D eigenvalue weighted by molar-refractivity contribution is 6.07. The van der Waals surface area contributed by atoms with Crippen LogP contribution in [0.1, 0.15) is 41.9 Å². The Hall–Kier alpha value is -3.45. The minimum absolute atomic E-state index is 0.0471.